The third kappa shape index (κ3) is 2.96. The van der Waals surface area contributed by atoms with E-state index in [1.54, 1.807) is 12.2 Å². The Balaban J connectivity index is 2.61. The minimum atomic E-state index is -4.98. The Morgan fingerprint density at radius 1 is 1.29 bits per heavy atom. The molecule has 1 N–H and O–H groups in total. The number of hydrogen-bond acceptors (Lipinski definition) is 3. The van der Waals surface area contributed by atoms with Crippen LogP contribution in [0.2, 0.25) is 0 Å². The fraction of sp³-hybridized carbons (Fsp3) is 0.125. The summed E-state index contributed by atoms with van der Waals surface area (Å²) in [5.41, 5.74) is 0. The van der Waals surface area contributed by atoms with Crippen molar-refractivity contribution in [3.63, 3.8) is 0 Å². The summed E-state index contributed by atoms with van der Waals surface area (Å²) in [5.74, 6) is -2.52. The molecule has 1 heterocycles. The van der Waals surface area contributed by atoms with E-state index < -0.39 is 12.1 Å². The highest BCUT2D eigenvalue weighted by atomic mass is 19.4. The number of carbonyl (C=O) groups is 1. The van der Waals surface area contributed by atoms with Crippen LogP contribution in [0.4, 0.5) is 13.2 Å². The van der Waals surface area contributed by atoms with Gasteiger partial charge in [0.1, 0.15) is 0 Å². The highest BCUT2D eigenvalue weighted by Gasteiger charge is 2.41. The maximum Gasteiger partial charge on any atom is 0.491 e. The lowest BCUT2D eigenvalue weighted by atomic mass is 10.5. The lowest BCUT2D eigenvalue weighted by molar-refractivity contribution is -0.195. The van der Waals surface area contributed by atoms with E-state index in [1.165, 1.54) is 18.4 Å². The average Bonchev–Trinajstić information content (AvgIpc) is 2.31. The van der Waals surface area contributed by atoms with Crippen molar-refractivity contribution in [1.29, 1.82) is 0 Å². The third-order valence-electron chi connectivity index (χ3n) is 1.23. The summed E-state index contributed by atoms with van der Waals surface area (Å²) < 4.78 is 39.2. The van der Waals surface area contributed by atoms with Crippen LogP contribution >= 0.6 is 0 Å². The van der Waals surface area contributed by atoms with Crippen LogP contribution in [-0.2, 0) is 9.53 Å². The zero-order valence-electron chi connectivity index (χ0n) is 6.84. The Morgan fingerprint density at radius 2 is 2.00 bits per heavy atom. The molecule has 1 aliphatic heterocycles. The number of rotatable bonds is 1. The number of nitrogens with one attached hydrogen (secondary N) is 1. The van der Waals surface area contributed by atoms with Crippen LogP contribution in [0.5, 0.6) is 0 Å². The summed E-state index contributed by atoms with van der Waals surface area (Å²) in [4.78, 5) is 10.4. The minimum absolute atomic E-state index is 0.266. The Morgan fingerprint density at radius 3 is 2.64 bits per heavy atom. The number of allylic oxidation sites excluding steroid dienone is 4. The summed E-state index contributed by atoms with van der Waals surface area (Å²) in [6, 6.07) is 0. The lowest BCUT2D eigenvalue weighted by Crippen LogP contribution is -2.27. The first-order valence-electron chi connectivity index (χ1n) is 3.59. The van der Waals surface area contributed by atoms with Crippen LogP contribution in [-0.4, -0.2) is 12.1 Å². The molecule has 1 aliphatic rings. The molecule has 14 heavy (non-hydrogen) atoms. The lowest BCUT2D eigenvalue weighted by Gasteiger charge is -2.08. The molecule has 76 valence electrons. The molecule has 6 heteroatoms. The predicted molar refractivity (Wildman–Crippen MR) is 41.6 cm³/mol. The molecule has 0 spiro atoms. The van der Waals surface area contributed by atoms with Crippen molar-refractivity contribution in [3.05, 3.63) is 36.4 Å². The Kier molecular flexibility index (Phi) is 2.95. The van der Waals surface area contributed by atoms with E-state index in [9.17, 15) is 18.0 Å². The number of hydrogen-bond donors (Lipinski definition) is 1. The van der Waals surface area contributed by atoms with E-state index in [2.05, 4.69) is 10.1 Å². The summed E-state index contributed by atoms with van der Waals surface area (Å²) in [7, 11) is 0. The molecule has 0 atom stereocenters. The van der Waals surface area contributed by atoms with Gasteiger partial charge < -0.3 is 10.1 Å². The summed E-state index contributed by atoms with van der Waals surface area (Å²) in [6.45, 7) is 0. The van der Waals surface area contributed by atoms with E-state index in [-0.39, 0.29) is 5.88 Å². The predicted octanol–water partition coefficient (Wildman–Crippen LogP) is 1.61. The van der Waals surface area contributed by atoms with Gasteiger partial charge in [-0.05, 0) is 12.2 Å². The van der Waals surface area contributed by atoms with E-state index in [4.69, 9.17) is 0 Å². The molecule has 0 radical (unpaired) electrons. The third-order valence-corrected chi connectivity index (χ3v) is 1.23. The maximum atomic E-state index is 11.7. The van der Waals surface area contributed by atoms with Crippen molar-refractivity contribution in [2.45, 2.75) is 6.18 Å². The molecule has 3 nitrogen and oxygen atoms in total. The Labute approximate surface area is 77.5 Å². The molecule has 0 amide bonds. The Hall–Kier alpha value is -1.72. The van der Waals surface area contributed by atoms with Gasteiger partial charge in [-0.1, -0.05) is 12.2 Å². The van der Waals surface area contributed by atoms with Crippen molar-refractivity contribution in [3.8, 4) is 0 Å². The molecule has 0 fully saturated rings. The van der Waals surface area contributed by atoms with Gasteiger partial charge in [-0.2, -0.15) is 13.2 Å². The van der Waals surface area contributed by atoms with Gasteiger partial charge in [0.15, 0.2) is 0 Å². The number of ether oxygens (including phenoxy) is 1. The van der Waals surface area contributed by atoms with Crippen molar-refractivity contribution in [2.75, 3.05) is 0 Å². The van der Waals surface area contributed by atoms with Gasteiger partial charge in [-0.25, -0.2) is 4.79 Å². The van der Waals surface area contributed by atoms with Crippen LogP contribution < -0.4 is 5.32 Å². The molecule has 0 unspecified atom stereocenters. The quantitative estimate of drug-likeness (QED) is 0.661. The van der Waals surface area contributed by atoms with E-state index in [0.717, 1.165) is 0 Å². The van der Waals surface area contributed by atoms with Gasteiger partial charge >= 0.3 is 12.1 Å². The molecule has 0 bridgehead atoms. The highest BCUT2D eigenvalue weighted by Crippen LogP contribution is 2.18. The first-order chi connectivity index (χ1) is 6.50. The minimum Gasteiger partial charge on any atom is -0.403 e. The number of carbonyl (C=O) groups excluding carboxylic acids is 1. The van der Waals surface area contributed by atoms with Crippen LogP contribution in [0.1, 0.15) is 0 Å². The SMILES string of the molecule is O=C(OC1=CC=CC=CN1)C(F)(F)F. The van der Waals surface area contributed by atoms with Gasteiger partial charge in [0.25, 0.3) is 0 Å². The topological polar surface area (TPSA) is 38.3 Å². The number of esters is 1. The molecule has 0 aliphatic carbocycles. The standard InChI is InChI=1S/C8H6F3NO2/c9-8(10,11)7(13)14-6-4-2-1-3-5-12-6/h1-5,12H. The van der Waals surface area contributed by atoms with Crippen LogP contribution in [0.25, 0.3) is 0 Å². The molecule has 0 aromatic carbocycles. The second-order valence-electron chi connectivity index (χ2n) is 2.31. The van der Waals surface area contributed by atoms with Gasteiger partial charge in [-0.15, -0.1) is 0 Å². The summed E-state index contributed by atoms with van der Waals surface area (Å²) in [5, 5.41) is 2.36. The van der Waals surface area contributed by atoms with Crippen LogP contribution in [0.15, 0.2) is 36.4 Å². The zero-order valence-corrected chi connectivity index (χ0v) is 6.84. The molecule has 0 saturated carbocycles. The maximum absolute atomic E-state index is 11.7. The van der Waals surface area contributed by atoms with E-state index in [0.29, 0.717) is 0 Å². The molecule has 0 aromatic heterocycles. The largest absolute Gasteiger partial charge is 0.491 e. The first-order valence-corrected chi connectivity index (χ1v) is 3.59. The van der Waals surface area contributed by atoms with Gasteiger partial charge in [-0.3, -0.25) is 0 Å². The van der Waals surface area contributed by atoms with Crippen molar-refractivity contribution in [2.24, 2.45) is 0 Å². The number of halogens is 3. The van der Waals surface area contributed by atoms with Gasteiger partial charge in [0.2, 0.25) is 5.88 Å². The molecule has 0 aromatic rings. The zero-order chi connectivity index (χ0) is 10.6. The second-order valence-corrected chi connectivity index (χ2v) is 2.31. The molecular formula is C8H6F3NO2. The van der Waals surface area contributed by atoms with Crippen LogP contribution in [0.3, 0.4) is 0 Å². The normalized spacial score (nSPS) is 15.5. The first kappa shape index (κ1) is 10.4. The van der Waals surface area contributed by atoms with E-state index >= 15 is 0 Å². The average molecular weight is 205 g/mol. The van der Waals surface area contributed by atoms with Crippen molar-refractivity contribution in [1.82, 2.24) is 5.32 Å². The molecule has 1 rings (SSSR count). The Bertz CT molecular complexity index is 315. The van der Waals surface area contributed by atoms with Crippen molar-refractivity contribution < 1.29 is 22.7 Å². The fourth-order valence-corrected chi connectivity index (χ4v) is 0.662. The van der Waals surface area contributed by atoms with E-state index in [1.807, 2.05) is 0 Å². The smallest absolute Gasteiger partial charge is 0.403 e. The van der Waals surface area contributed by atoms with Gasteiger partial charge in [0.05, 0.1) is 0 Å². The molecule has 0 saturated heterocycles. The highest BCUT2D eigenvalue weighted by molar-refractivity contribution is 5.76. The monoisotopic (exact) mass is 205 g/mol. The van der Waals surface area contributed by atoms with Gasteiger partial charge in [0, 0.05) is 6.20 Å². The number of alkyl halides is 3. The fourth-order valence-electron chi connectivity index (χ4n) is 0.662. The summed E-state index contributed by atoms with van der Waals surface area (Å²) >= 11 is 0. The molecular weight excluding hydrogens is 199 g/mol. The second kappa shape index (κ2) is 3.99. The van der Waals surface area contributed by atoms with Crippen molar-refractivity contribution >= 4 is 5.97 Å². The van der Waals surface area contributed by atoms with Crippen LogP contribution in [0, 0.1) is 0 Å². The summed E-state index contributed by atoms with van der Waals surface area (Å²) in [6.07, 6.45) is 2.13.